The first kappa shape index (κ1) is 24.8. The molecule has 0 unspecified atom stereocenters. The van der Waals surface area contributed by atoms with Gasteiger partial charge in [0.2, 0.25) is 0 Å². The molecule has 0 heterocycles. The third-order valence-corrected chi connectivity index (χ3v) is 6.50. The van der Waals surface area contributed by atoms with E-state index in [2.05, 4.69) is 80.6 Å². The minimum Gasteiger partial charge on any atom is -0.273 e. The first-order chi connectivity index (χ1) is 14.8. The van der Waals surface area contributed by atoms with Crippen molar-refractivity contribution in [1.29, 1.82) is 0 Å². The quantitative estimate of drug-likeness (QED) is 0.225. The second kappa shape index (κ2) is 15.4. The molecule has 0 amide bonds. The van der Waals surface area contributed by atoms with Crippen LogP contribution in [0.2, 0.25) is 0 Å². The molecule has 3 aromatic rings. The summed E-state index contributed by atoms with van der Waals surface area (Å²) < 4.78 is 1.81. The van der Waals surface area contributed by atoms with Crippen molar-refractivity contribution in [3.63, 3.8) is 0 Å². The van der Waals surface area contributed by atoms with E-state index < -0.39 is 0 Å². The van der Waals surface area contributed by atoms with Crippen LogP contribution in [0.1, 0.15) is 71.6 Å². The summed E-state index contributed by atoms with van der Waals surface area (Å²) in [5.41, 5.74) is 0. The molecule has 0 aliphatic heterocycles. The van der Waals surface area contributed by atoms with Crippen molar-refractivity contribution in [1.82, 2.24) is 0 Å². The first-order valence-electron chi connectivity index (χ1n) is 11.6. The SMILES string of the molecule is CCCCC[C](=[Zr+2])CCCCC.[C-]1=CC=CC1.c1ccc2c(c1)[cH-]c1ccccc12. The Morgan fingerprint density at radius 1 is 0.833 bits per heavy atom. The van der Waals surface area contributed by atoms with Gasteiger partial charge in [0.15, 0.2) is 0 Å². The van der Waals surface area contributed by atoms with Crippen LogP contribution in [0.3, 0.4) is 0 Å². The van der Waals surface area contributed by atoms with Gasteiger partial charge in [-0.3, -0.25) is 6.08 Å². The van der Waals surface area contributed by atoms with Gasteiger partial charge in [0.05, 0.1) is 0 Å². The van der Waals surface area contributed by atoms with Crippen LogP contribution in [0.25, 0.3) is 21.5 Å². The van der Waals surface area contributed by atoms with Crippen molar-refractivity contribution in [3.8, 4) is 0 Å². The molecule has 0 N–H and O–H groups in total. The molecule has 0 aromatic heterocycles. The summed E-state index contributed by atoms with van der Waals surface area (Å²) in [6.45, 7) is 4.56. The van der Waals surface area contributed by atoms with E-state index in [1.807, 2.05) is 15.4 Å². The van der Waals surface area contributed by atoms with Gasteiger partial charge in [0.1, 0.15) is 0 Å². The molecule has 0 radical (unpaired) electrons. The van der Waals surface area contributed by atoms with Crippen molar-refractivity contribution in [2.45, 2.75) is 71.6 Å². The van der Waals surface area contributed by atoms with E-state index in [9.17, 15) is 0 Å². The zero-order valence-electron chi connectivity index (χ0n) is 18.8. The average Bonchev–Trinajstić information content (AvgIpc) is 3.46. The first-order valence-corrected chi connectivity index (χ1v) is 12.8. The van der Waals surface area contributed by atoms with Gasteiger partial charge in [-0.2, -0.15) is 6.08 Å². The topological polar surface area (TPSA) is 0 Å². The molecule has 0 saturated heterocycles. The molecule has 156 valence electrons. The van der Waals surface area contributed by atoms with Crippen molar-refractivity contribution in [2.75, 3.05) is 0 Å². The van der Waals surface area contributed by atoms with E-state index in [0.717, 1.165) is 6.42 Å². The summed E-state index contributed by atoms with van der Waals surface area (Å²) in [5, 5.41) is 5.39. The minimum absolute atomic E-state index is 1.01. The van der Waals surface area contributed by atoms with Gasteiger partial charge >= 0.3 is 92.7 Å². The third kappa shape index (κ3) is 9.13. The number of fused-ring (bicyclic) bond motifs is 3. The van der Waals surface area contributed by atoms with E-state index in [1.165, 1.54) is 72.9 Å². The predicted molar refractivity (Wildman–Crippen MR) is 132 cm³/mol. The molecule has 30 heavy (non-hydrogen) atoms. The number of unbranched alkanes of at least 4 members (excludes halogenated alkanes) is 4. The van der Waals surface area contributed by atoms with Crippen molar-refractivity contribution in [3.05, 3.63) is 78.9 Å². The fraction of sp³-hybridized carbons (Fsp3) is 0.379. The zero-order valence-corrected chi connectivity index (χ0v) is 21.3. The number of allylic oxidation sites excluding steroid dienone is 4. The Hall–Kier alpha value is -1.46. The Kier molecular flexibility index (Phi) is 12.7. The summed E-state index contributed by atoms with van der Waals surface area (Å²) in [6, 6.07) is 19.3. The summed E-state index contributed by atoms with van der Waals surface area (Å²) in [5.74, 6) is 0. The van der Waals surface area contributed by atoms with Crippen LogP contribution in [0.4, 0.5) is 0 Å². The molecule has 1 aliphatic rings. The molecule has 0 fully saturated rings. The third-order valence-electron chi connectivity index (χ3n) is 5.27. The molecule has 3 aromatic carbocycles. The largest absolute Gasteiger partial charge is 0.273 e. The maximum atomic E-state index is 2.99. The number of rotatable bonds is 8. The summed E-state index contributed by atoms with van der Waals surface area (Å²) in [7, 11) is 0. The number of hydrogen-bond acceptors (Lipinski definition) is 0. The number of benzene rings is 2. The minimum atomic E-state index is 1.01. The molecule has 4 rings (SSSR count). The second-order valence-electron chi connectivity index (χ2n) is 7.84. The summed E-state index contributed by atoms with van der Waals surface area (Å²) in [4.78, 5) is 0. The van der Waals surface area contributed by atoms with Crippen LogP contribution >= 0.6 is 0 Å². The fourth-order valence-corrected chi connectivity index (χ4v) is 4.41. The molecule has 1 heteroatoms. The standard InChI is InChI=1S/C13H9.C11H22.C5H5.Zr/c1-3-7-12-10(5-1)9-11-6-2-4-8-13(11)12;1-3-5-7-9-11-10-8-6-4-2;1-2-4-5-3-1;/h1-9H;3-10H2,1-2H3;1-3H,4H2;/q-1;;-1;+2. The Balaban J connectivity index is 0.000000175. The maximum absolute atomic E-state index is 2.99. The molecular weight excluding hydrogens is 440 g/mol. The smallest absolute Gasteiger partial charge is 0.0771 e. The van der Waals surface area contributed by atoms with Gasteiger partial charge < -0.3 is 0 Å². The average molecular weight is 476 g/mol. The predicted octanol–water partition coefficient (Wildman–Crippen LogP) is 8.88. The van der Waals surface area contributed by atoms with Crippen LogP contribution in [-0.2, 0) is 24.2 Å². The Morgan fingerprint density at radius 2 is 1.37 bits per heavy atom. The van der Waals surface area contributed by atoms with Crippen LogP contribution in [0, 0.1) is 6.08 Å². The van der Waals surface area contributed by atoms with Gasteiger partial charge in [-0.05, 0) is 0 Å². The van der Waals surface area contributed by atoms with E-state index in [1.54, 1.807) is 24.2 Å². The zero-order chi connectivity index (χ0) is 21.4. The van der Waals surface area contributed by atoms with E-state index in [4.69, 9.17) is 0 Å². The van der Waals surface area contributed by atoms with Crippen LogP contribution < -0.4 is 0 Å². The van der Waals surface area contributed by atoms with Crippen molar-refractivity contribution >= 4 is 24.8 Å². The normalized spacial score (nSPS) is 11.9. The Morgan fingerprint density at radius 3 is 1.77 bits per heavy atom. The summed E-state index contributed by atoms with van der Waals surface area (Å²) in [6.07, 6.45) is 21.3. The van der Waals surface area contributed by atoms with E-state index in [-0.39, 0.29) is 0 Å². The molecular formula is C29H36Zr. The van der Waals surface area contributed by atoms with Crippen LogP contribution in [-0.4, -0.2) is 3.21 Å². The van der Waals surface area contributed by atoms with Crippen LogP contribution in [0.5, 0.6) is 0 Å². The Bertz CT molecular complexity index is 853. The molecule has 0 nitrogen and oxygen atoms in total. The van der Waals surface area contributed by atoms with Gasteiger partial charge in [0, 0.05) is 0 Å². The molecule has 0 bridgehead atoms. The molecule has 0 saturated carbocycles. The molecule has 1 aliphatic carbocycles. The number of hydrogen-bond donors (Lipinski definition) is 0. The van der Waals surface area contributed by atoms with Gasteiger partial charge in [-0.1, -0.05) is 36.4 Å². The van der Waals surface area contributed by atoms with Crippen molar-refractivity contribution < 1.29 is 24.2 Å². The maximum Gasteiger partial charge on any atom is -0.0771 e. The van der Waals surface area contributed by atoms with Crippen molar-refractivity contribution in [2.24, 2.45) is 0 Å². The van der Waals surface area contributed by atoms with Gasteiger partial charge in [0.25, 0.3) is 0 Å². The monoisotopic (exact) mass is 474 g/mol. The molecule has 0 spiro atoms. The van der Waals surface area contributed by atoms with E-state index >= 15 is 0 Å². The fourth-order valence-electron chi connectivity index (χ4n) is 3.55. The second-order valence-corrected chi connectivity index (χ2v) is 9.58. The van der Waals surface area contributed by atoms with Gasteiger partial charge in [-0.15, -0.1) is 46.2 Å². The Labute approximate surface area is 198 Å². The molecule has 0 atom stereocenters. The van der Waals surface area contributed by atoms with Gasteiger partial charge in [-0.25, -0.2) is 12.2 Å². The van der Waals surface area contributed by atoms with Crippen LogP contribution in [0.15, 0.2) is 72.8 Å². The summed E-state index contributed by atoms with van der Waals surface area (Å²) >= 11 is 1.69. The van der Waals surface area contributed by atoms with E-state index in [0.29, 0.717) is 0 Å².